The number of carbonyl (C=O) groups is 1. The number of benzene rings is 2. The van der Waals surface area contributed by atoms with Crippen molar-refractivity contribution in [2.24, 2.45) is 5.73 Å². The second-order valence-corrected chi connectivity index (χ2v) is 4.84. The molecule has 2 aromatic rings. The molecular weight excluding hydrogens is 279 g/mol. The lowest BCUT2D eigenvalue weighted by Crippen LogP contribution is -2.13. The van der Waals surface area contributed by atoms with E-state index in [0.29, 0.717) is 17.8 Å². The van der Waals surface area contributed by atoms with Crippen LogP contribution in [0.2, 0.25) is 5.02 Å². The summed E-state index contributed by atoms with van der Waals surface area (Å²) in [5.41, 5.74) is 7.57. The van der Waals surface area contributed by atoms with Gasteiger partial charge in [-0.05, 0) is 42.3 Å². The van der Waals surface area contributed by atoms with Crippen LogP contribution in [-0.2, 0) is 6.54 Å². The Hall–Kier alpha value is -1.91. The number of nitrogens with two attached hydrogens (primary N) is 1. The zero-order valence-corrected chi connectivity index (χ0v) is 11.7. The molecular formula is C15H14ClFN2O. The van der Waals surface area contributed by atoms with Crippen LogP contribution in [0.1, 0.15) is 21.5 Å². The Kier molecular flexibility index (Phi) is 4.37. The van der Waals surface area contributed by atoms with Gasteiger partial charge < -0.3 is 11.1 Å². The van der Waals surface area contributed by atoms with E-state index in [1.165, 1.54) is 6.07 Å². The highest BCUT2D eigenvalue weighted by atomic mass is 35.5. The molecule has 0 radical (unpaired) electrons. The van der Waals surface area contributed by atoms with Gasteiger partial charge in [0, 0.05) is 12.2 Å². The van der Waals surface area contributed by atoms with Crippen LogP contribution in [0.4, 0.5) is 10.1 Å². The molecule has 0 atom stereocenters. The van der Waals surface area contributed by atoms with Crippen molar-refractivity contribution >= 4 is 23.2 Å². The molecule has 0 aliphatic heterocycles. The van der Waals surface area contributed by atoms with Crippen LogP contribution in [0, 0.1) is 12.7 Å². The molecule has 20 heavy (non-hydrogen) atoms. The third kappa shape index (κ3) is 3.15. The van der Waals surface area contributed by atoms with Crippen LogP contribution in [-0.4, -0.2) is 5.91 Å². The molecule has 0 bridgehead atoms. The van der Waals surface area contributed by atoms with Crippen molar-refractivity contribution in [2.45, 2.75) is 13.5 Å². The van der Waals surface area contributed by atoms with Gasteiger partial charge in [-0.25, -0.2) is 4.39 Å². The van der Waals surface area contributed by atoms with Gasteiger partial charge in [0.1, 0.15) is 5.82 Å². The third-order valence-corrected chi connectivity index (χ3v) is 3.25. The van der Waals surface area contributed by atoms with Crippen LogP contribution in [0.3, 0.4) is 0 Å². The lowest BCUT2D eigenvalue weighted by atomic mass is 10.1. The number of amides is 1. The van der Waals surface area contributed by atoms with Crippen molar-refractivity contribution in [1.82, 2.24) is 0 Å². The first kappa shape index (κ1) is 14.5. The molecule has 0 fully saturated rings. The van der Waals surface area contributed by atoms with Gasteiger partial charge >= 0.3 is 0 Å². The van der Waals surface area contributed by atoms with Gasteiger partial charge in [-0.1, -0.05) is 23.7 Å². The molecule has 1 amide bonds. The van der Waals surface area contributed by atoms with Gasteiger partial charge in [0.25, 0.3) is 5.91 Å². The van der Waals surface area contributed by atoms with E-state index in [1.54, 1.807) is 19.1 Å². The summed E-state index contributed by atoms with van der Waals surface area (Å²) in [4.78, 5) is 12.1. The predicted molar refractivity (Wildman–Crippen MR) is 78.4 cm³/mol. The Bertz CT molecular complexity index is 641. The SMILES string of the molecule is Cc1cc(Cl)c(C(=O)Nc2ccc(CN)cc2)cc1F. The van der Waals surface area contributed by atoms with E-state index in [2.05, 4.69) is 5.32 Å². The van der Waals surface area contributed by atoms with Crippen molar-refractivity contribution in [3.8, 4) is 0 Å². The molecule has 0 saturated heterocycles. The van der Waals surface area contributed by atoms with Crippen LogP contribution < -0.4 is 11.1 Å². The van der Waals surface area contributed by atoms with E-state index in [1.807, 2.05) is 12.1 Å². The molecule has 3 N–H and O–H groups in total. The highest BCUT2D eigenvalue weighted by Crippen LogP contribution is 2.21. The molecule has 0 aliphatic rings. The maximum absolute atomic E-state index is 13.5. The Morgan fingerprint density at radius 3 is 2.55 bits per heavy atom. The van der Waals surface area contributed by atoms with Gasteiger partial charge in [0.15, 0.2) is 0 Å². The van der Waals surface area contributed by atoms with E-state index in [9.17, 15) is 9.18 Å². The number of hydrogen-bond acceptors (Lipinski definition) is 2. The molecule has 0 spiro atoms. The Morgan fingerprint density at radius 2 is 1.95 bits per heavy atom. The summed E-state index contributed by atoms with van der Waals surface area (Å²) in [6.45, 7) is 2.03. The van der Waals surface area contributed by atoms with Crippen LogP contribution in [0.5, 0.6) is 0 Å². The molecule has 0 aliphatic carbocycles. The molecule has 0 saturated carbocycles. The summed E-state index contributed by atoms with van der Waals surface area (Å²) in [7, 11) is 0. The minimum Gasteiger partial charge on any atom is -0.326 e. The fraction of sp³-hybridized carbons (Fsp3) is 0.133. The molecule has 2 aromatic carbocycles. The topological polar surface area (TPSA) is 55.1 Å². The summed E-state index contributed by atoms with van der Waals surface area (Å²) in [6, 6.07) is 9.67. The number of nitrogens with one attached hydrogen (secondary N) is 1. The Morgan fingerprint density at radius 1 is 1.30 bits per heavy atom. The maximum Gasteiger partial charge on any atom is 0.257 e. The summed E-state index contributed by atoms with van der Waals surface area (Å²) >= 11 is 5.97. The lowest BCUT2D eigenvalue weighted by Gasteiger charge is -2.08. The normalized spacial score (nSPS) is 10.4. The average molecular weight is 293 g/mol. The second kappa shape index (κ2) is 6.03. The van der Waals surface area contributed by atoms with Gasteiger partial charge in [0.05, 0.1) is 10.6 Å². The summed E-state index contributed by atoms with van der Waals surface area (Å²) in [6.07, 6.45) is 0. The minimum atomic E-state index is -0.460. The van der Waals surface area contributed by atoms with E-state index >= 15 is 0 Å². The zero-order valence-electron chi connectivity index (χ0n) is 10.9. The first-order valence-corrected chi connectivity index (χ1v) is 6.45. The molecule has 0 heterocycles. The molecule has 0 unspecified atom stereocenters. The number of aryl methyl sites for hydroxylation is 1. The number of hydrogen-bond donors (Lipinski definition) is 2. The van der Waals surface area contributed by atoms with Gasteiger partial charge in [-0.2, -0.15) is 0 Å². The van der Waals surface area contributed by atoms with Gasteiger partial charge in [-0.3, -0.25) is 4.79 Å². The smallest absolute Gasteiger partial charge is 0.257 e. The van der Waals surface area contributed by atoms with Crippen LogP contribution in [0.25, 0.3) is 0 Å². The fourth-order valence-corrected chi connectivity index (χ4v) is 2.05. The molecule has 5 heteroatoms. The van der Waals surface area contributed by atoms with Gasteiger partial charge in [0.2, 0.25) is 0 Å². The van der Waals surface area contributed by atoms with Crippen molar-refractivity contribution in [3.63, 3.8) is 0 Å². The predicted octanol–water partition coefficient (Wildman–Crippen LogP) is 3.50. The maximum atomic E-state index is 13.5. The highest BCUT2D eigenvalue weighted by molar-refractivity contribution is 6.34. The largest absolute Gasteiger partial charge is 0.326 e. The second-order valence-electron chi connectivity index (χ2n) is 4.44. The number of rotatable bonds is 3. The Balaban J connectivity index is 2.21. The minimum absolute atomic E-state index is 0.109. The van der Waals surface area contributed by atoms with Crippen molar-refractivity contribution in [3.05, 3.63) is 63.9 Å². The monoisotopic (exact) mass is 292 g/mol. The van der Waals surface area contributed by atoms with E-state index in [4.69, 9.17) is 17.3 Å². The number of halogens is 2. The van der Waals surface area contributed by atoms with Crippen LogP contribution in [0.15, 0.2) is 36.4 Å². The molecule has 0 aromatic heterocycles. The first-order chi connectivity index (χ1) is 9.51. The van der Waals surface area contributed by atoms with E-state index < -0.39 is 11.7 Å². The summed E-state index contributed by atoms with van der Waals surface area (Å²) in [5.74, 6) is -0.910. The fourth-order valence-electron chi connectivity index (χ4n) is 1.74. The molecule has 2 rings (SSSR count). The number of anilines is 1. The van der Waals surface area contributed by atoms with Gasteiger partial charge in [-0.15, -0.1) is 0 Å². The lowest BCUT2D eigenvalue weighted by molar-refractivity contribution is 0.102. The van der Waals surface area contributed by atoms with Crippen molar-refractivity contribution in [2.75, 3.05) is 5.32 Å². The summed E-state index contributed by atoms with van der Waals surface area (Å²) in [5, 5.41) is 2.89. The quantitative estimate of drug-likeness (QED) is 0.910. The van der Waals surface area contributed by atoms with E-state index in [0.717, 1.165) is 11.6 Å². The van der Waals surface area contributed by atoms with Crippen LogP contribution >= 0.6 is 11.6 Å². The summed E-state index contributed by atoms with van der Waals surface area (Å²) < 4.78 is 13.5. The molecule has 3 nitrogen and oxygen atoms in total. The first-order valence-electron chi connectivity index (χ1n) is 6.07. The molecule has 104 valence electrons. The average Bonchev–Trinajstić information content (AvgIpc) is 2.43. The number of carbonyl (C=O) groups excluding carboxylic acids is 1. The third-order valence-electron chi connectivity index (χ3n) is 2.94. The van der Waals surface area contributed by atoms with Crippen molar-refractivity contribution < 1.29 is 9.18 Å². The van der Waals surface area contributed by atoms with Crippen molar-refractivity contribution in [1.29, 1.82) is 0 Å². The Labute approximate surface area is 121 Å². The highest BCUT2D eigenvalue weighted by Gasteiger charge is 2.13. The zero-order chi connectivity index (χ0) is 14.7. The standard InChI is InChI=1S/C15H14ClFN2O/c1-9-6-13(16)12(7-14(9)17)15(20)19-11-4-2-10(8-18)3-5-11/h2-7H,8,18H2,1H3,(H,19,20). The van der Waals surface area contributed by atoms with E-state index in [-0.39, 0.29) is 10.6 Å².